The highest BCUT2D eigenvalue weighted by molar-refractivity contribution is 7.19. The quantitative estimate of drug-likeness (QED) is 0.692. The molecule has 0 saturated heterocycles. The van der Waals surface area contributed by atoms with E-state index in [4.69, 9.17) is 0 Å². The van der Waals surface area contributed by atoms with Gasteiger partial charge in [-0.25, -0.2) is 0 Å². The molecule has 0 aliphatic rings. The molecular formula is C18H26OS. The van der Waals surface area contributed by atoms with Gasteiger partial charge in [-0.1, -0.05) is 57.7 Å². The van der Waals surface area contributed by atoms with Crippen LogP contribution >= 0.6 is 11.3 Å². The molecule has 0 aliphatic carbocycles. The monoisotopic (exact) mass is 290 g/mol. The van der Waals surface area contributed by atoms with Crippen LogP contribution in [0.1, 0.15) is 57.8 Å². The minimum Gasteiger partial charge on any atom is -0.385 e. The summed E-state index contributed by atoms with van der Waals surface area (Å²) in [6.07, 6.45) is 5.76. The van der Waals surface area contributed by atoms with Crippen LogP contribution < -0.4 is 0 Å². The predicted molar refractivity (Wildman–Crippen MR) is 89.3 cm³/mol. The zero-order chi connectivity index (χ0) is 14.6. The number of thiophene rings is 1. The van der Waals surface area contributed by atoms with Crippen LogP contribution in [0.3, 0.4) is 0 Å². The lowest BCUT2D eigenvalue weighted by Gasteiger charge is -2.27. The van der Waals surface area contributed by atoms with Gasteiger partial charge in [0.2, 0.25) is 0 Å². The third-order valence-electron chi connectivity index (χ3n) is 4.19. The fourth-order valence-corrected chi connectivity index (χ4v) is 3.97. The summed E-state index contributed by atoms with van der Waals surface area (Å²) in [5, 5.41) is 12.1. The summed E-state index contributed by atoms with van der Waals surface area (Å²) in [5.74, 6) is 0.621. The van der Waals surface area contributed by atoms with Crippen LogP contribution in [0.25, 0.3) is 10.1 Å². The van der Waals surface area contributed by atoms with E-state index in [1.807, 2.05) is 6.92 Å². The Bertz CT molecular complexity index is 508. The fourth-order valence-electron chi connectivity index (χ4n) is 2.85. The van der Waals surface area contributed by atoms with Crippen molar-refractivity contribution < 1.29 is 5.11 Å². The van der Waals surface area contributed by atoms with Crippen molar-refractivity contribution in [2.24, 2.45) is 5.92 Å². The van der Waals surface area contributed by atoms with Crippen molar-refractivity contribution in [1.82, 2.24) is 0 Å². The van der Waals surface area contributed by atoms with Crippen molar-refractivity contribution in [2.45, 2.75) is 58.5 Å². The summed E-state index contributed by atoms with van der Waals surface area (Å²) < 4.78 is 1.27. The molecule has 0 aliphatic heterocycles. The van der Waals surface area contributed by atoms with Crippen molar-refractivity contribution in [1.29, 1.82) is 0 Å². The molecule has 0 fully saturated rings. The molecule has 2 unspecified atom stereocenters. The molecule has 2 heteroatoms. The predicted octanol–water partition coefficient (Wildman–Crippen LogP) is 5.72. The van der Waals surface area contributed by atoms with Gasteiger partial charge in [0, 0.05) is 9.58 Å². The second-order valence-corrected chi connectivity index (χ2v) is 7.13. The molecule has 0 amide bonds. The number of rotatable bonds is 7. The van der Waals surface area contributed by atoms with Gasteiger partial charge < -0.3 is 5.11 Å². The highest BCUT2D eigenvalue weighted by Gasteiger charge is 2.28. The molecule has 0 bridgehead atoms. The van der Waals surface area contributed by atoms with E-state index in [0.717, 1.165) is 17.7 Å². The van der Waals surface area contributed by atoms with E-state index in [2.05, 4.69) is 44.2 Å². The molecule has 0 spiro atoms. The van der Waals surface area contributed by atoms with E-state index >= 15 is 0 Å². The molecule has 2 atom stereocenters. The van der Waals surface area contributed by atoms with Crippen LogP contribution in [0.4, 0.5) is 0 Å². The van der Waals surface area contributed by atoms with Crippen molar-refractivity contribution in [2.75, 3.05) is 0 Å². The Morgan fingerprint density at radius 3 is 2.65 bits per heavy atom. The summed E-state index contributed by atoms with van der Waals surface area (Å²) >= 11 is 1.73. The zero-order valence-corrected chi connectivity index (χ0v) is 13.7. The Morgan fingerprint density at radius 2 is 2.00 bits per heavy atom. The molecule has 1 aromatic carbocycles. The second-order valence-electron chi connectivity index (χ2n) is 6.04. The normalized spacial score (nSPS) is 16.2. The van der Waals surface area contributed by atoms with Crippen LogP contribution in [0, 0.1) is 5.92 Å². The summed E-state index contributed by atoms with van der Waals surface area (Å²) in [6, 6.07) is 10.5. The van der Waals surface area contributed by atoms with Gasteiger partial charge in [0.25, 0.3) is 0 Å². The van der Waals surface area contributed by atoms with Gasteiger partial charge in [0.15, 0.2) is 0 Å². The molecule has 110 valence electrons. The molecule has 2 rings (SSSR count). The van der Waals surface area contributed by atoms with Crippen LogP contribution in [0.5, 0.6) is 0 Å². The van der Waals surface area contributed by atoms with Gasteiger partial charge in [-0.3, -0.25) is 0 Å². The molecule has 1 heterocycles. The molecule has 2 aromatic rings. The lowest BCUT2D eigenvalue weighted by molar-refractivity contribution is 0.0311. The Morgan fingerprint density at radius 1 is 1.25 bits per heavy atom. The topological polar surface area (TPSA) is 20.2 Å². The first-order valence-corrected chi connectivity index (χ1v) is 8.60. The summed E-state index contributed by atoms with van der Waals surface area (Å²) in [6.45, 7) is 6.45. The first-order chi connectivity index (χ1) is 9.56. The van der Waals surface area contributed by atoms with E-state index in [0.29, 0.717) is 5.92 Å². The minimum atomic E-state index is -0.696. The lowest BCUT2D eigenvalue weighted by Crippen LogP contribution is -2.23. The average Bonchev–Trinajstić information content (AvgIpc) is 2.88. The maximum atomic E-state index is 10.9. The molecule has 1 aromatic heterocycles. The van der Waals surface area contributed by atoms with Gasteiger partial charge in [0.05, 0.1) is 5.60 Å². The van der Waals surface area contributed by atoms with E-state index < -0.39 is 5.60 Å². The zero-order valence-electron chi connectivity index (χ0n) is 12.9. The summed E-state index contributed by atoms with van der Waals surface area (Å²) in [5.41, 5.74) is -0.696. The average molecular weight is 290 g/mol. The van der Waals surface area contributed by atoms with Gasteiger partial charge in [-0.2, -0.15) is 0 Å². The van der Waals surface area contributed by atoms with Crippen molar-refractivity contribution in [3.63, 3.8) is 0 Å². The van der Waals surface area contributed by atoms with E-state index in [1.165, 1.54) is 29.3 Å². The van der Waals surface area contributed by atoms with Crippen LogP contribution in [0.2, 0.25) is 0 Å². The Labute approximate surface area is 126 Å². The van der Waals surface area contributed by atoms with Crippen LogP contribution in [-0.2, 0) is 5.60 Å². The first kappa shape index (κ1) is 15.5. The molecular weight excluding hydrogens is 264 g/mol. The number of hydrogen-bond donors (Lipinski definition) is 1. The largest absolute Gasteiger partial charge is 0.385 e. The molecule has 0 saturated carbocycles. The van der Waals surface area contributed by atoms with Gasteiger partial charge in [-0.05, 0) is 36.8 Å². The van der Waals surface area contributed by atoms with Gasteiger partial charge in [0.1, 0.15) is 0 Å². The van der Waals surface area contributed by atoms with Crippen LogP contribution in [0.15, 0.2) is 30.3 Å². The number of hydrogen-bond acceptors (Lipinski definition) is 2. The maximum absolute atomic E-state index is 10.9. The van der Waals surface area contributed by atoms with Crippen molar-refractivity contribution >= 4 is 21.4 Å². The Hall–Kier alpha value is -0.860. The standard InChI is InChI=1S/C18H26OS/c1-4-6-9-14(5-2)13-18(3,19)17-12-15-10-7-8-11-16(15)20-17/h7-8,10-12,14,19H,4-6,9,13H2,1-3H3. The highest BCUT2D eigenvalue weighted by atomic mass is 32.1. The highest BCUT2D eigenvalue weighted by Crippen LogP contribution is 2.38. The second kappa shape index (κ2) is 6.73. The Balaban J connectivity index is 2.15. The number of unbranched alkanes of at least 4 members (excludes halogenated alkanes) is 1. The lowest BCUT2D eigenvalue weighted by atomic mass is 9.86. The maximum Gasteiger partial charge on any atom is 0.0963 e. The molecule has 20 heavy (non-hydrogen) atoms. The summed E-state index contributed by atoms with van der Waals surface area (Å²) in [4.78, 5) is 1.11. The fraction of sp³-hybridized carbons (Fsp3) is 0.556. The van der Waals surface area contributed by atoms with E-state index in [-0.39, 0.29) is 0 Å². The smallest absolute Gasteiger partial charge is 0.0963 e. The third-order valence-corrected chi connectivity index (χ3v) is 5.55. The Kier molecular flexibility index (Phi) is 5.22. The third kappa shape index (κ3) is 3.62. The number of aliphatic hydroxyl groups is 1. The SMILES string of the molecule is CCCCC(CC)CC(C)(O)c1cc2ccccc2s1. The first-order valence-electron chi connectivity index (χ1n) is 7.78. The van der Waals surface area contributed by atoms with Gasteiger partial charge >= 0.3 is 0 Å². The van der Waals surface area contributed by atoms with E-state index in [1.54, 1.807) is 11.3 Å². The van der Waals surface area contributed by atoms with Crippen molar-refractivity contribution in [3.05, 3.63) is 35.2 Å². The molecule has 1 N–H and O–H groups in total. The summed E-state index contributed by atoms with van der Waals surface area (Å²) in [7, 11) is 0. The molecule has 0 radical (unpaired) electrons. The van der Waals surface area contributed by atoms with Crippen LogP contribution in [-0.4, -0.2) is 5.11 Å². The van der Waals surface area contributed by atoms with Gasteiger partial charge in [-0.15, -0.1) is 11.3 Å². The van der Waals surface area contributed by atoms with Crippen molar-refractivity contribution in [3.8, 4) is 0 Å². The number of benzene rings is 1. The minimum absolute atomic E-state index is 0.621. The molecule has 1 nitrogen and oxygen atoms in total. The van der Waals surface area contributed by atoms with E-state index in [9.17, 15) is 5.11 Å². The number of fused-ring (bicyclic) bond motifs is 1.